The SMILES string of the molecule is Cc1nn(-c2ccccc2)c(C)c1CNC(=O)c1cccc(Cn2nc(C)c([N+](=O)[O-])c2C)c1. The van der Waals surface area contributed by atoms with Gasteiger partial charge in [-0.2, -0.15) is 10.2 Å². The van der Waals surface area contributed by atoms with Crippen molar-refractivity contribution in [2.75, 3.05) is 0 Å². The molecule has 0 spiro atoms. The molecule has 0 fully saturated rings. The van der Waals surface area contributed by atoms with Crippen LogP contribution in [0.2, 0.25) is 0 Å². The minimum Gasteiger partial charge on any atom is -0.348 e. The van der Waals surface area contributed by atoms with Crippen molar-refractivity contribution >= 4 is 11.6 Å². The van der Waals surface area contributed by atoms with Crippen molar-refractivity contribution in [3.63, 3.8) is 0 Å². The molecule has 0 radical (unpaired) electrons. The monoisotopic (exact) mass is 458 g/mol. The quantitative estimate of drug-likeness (QED) is 0.330. The van der Waals surface area contributed by atoms with E-state index in [0.717, 1.165) is 28.2 Å². The summed E-state index contributed by atoms with van der Waals surface area (Å²) in [5.74, 6) is -0.201. The number of para-hydroxylation sites is 1. The summed E-state index contributed by atoms with van der Waals surface area (Å²) >= 11 is 0. The van der Waals surface area contributed by atoms with Crippen LogP contribution in [0.4, 0.5) is 5.69 Å². The van der Waals surface area contributed by atoms with E-state index in [1.54, 1.807) is 36.7 Å². The molecule has 0 saturated carbocycles. The first-order valence-electron chi connectivity index (χ1n) is 10.9. The Morgan fingerprint density at radius 2 is 1.71 bits per heavy atom. The molecule has 34 heavy (non-hydrogen) atoms. The number of benzene rings is 2. The lowest BCUT2D eigenvalue weighted by atomic mass is 10.1. The first-order valence-corrected chi connectivity index (χ1v) is 10.9. The summed E-state index contributed by atoms with van der Waals surface area (Å²) in [6.07, 6.45) is 0. The van der Waals surface area contributed by atoms with Crippen molar-refractivity contribution in [2.45, 2.75) is 40.8 Å². The van der Waals surface area contributed by atoms with Crippen molar-refractivity contribution in [1.29, 1.82) is 0 Å². The first-order chi connectivity index (χ1) is 16.3. The molecule has 0 unspecified atom stereocenters. The van der Waals surface area contributed by atoms with Crippen LogP contribution in [0.3, 0.4) is 0 Å². The molecule has 0 atom stereocenters. The number of carbonyl (C=O) groups is 1. The van der Waals surface area contributed by atoms with Crippen molar-refractivity contribution in [1.82, 2.24) is 24.9 Å². The number of rotatable bonds is 7. The summed E-state index contributed by atoms with van der Waals surface area (Å²) in [6, 6.07) is 17.1. The third-order valence-corrected chi connectivity index (χ3v) is 5.92. The lowest BCUT2D eigenvalue weighted by Gasteiger charge is -2.09. The van der Waals surface area contributed by atoms with Crippen LogP contribution in [0.25, 0.3) is 5.69 Å². The fourth-order valence-corrected chi connectivity index (χ4v) is 4.11. The van der Waals surface area contributed by atoms with Gasteiger partial charge >= 0.3 is 5.69 Å². The highest BCUT2D eigenvalue weighted by atomic mass is 16.6. The van der Waals surface area contributed by atoms with Gasteiger partial charge in [-0.15, -0.1) is 0 Å². The van der Waals surface area contributed by atoms with Crippen molar-refractivity contribution in [2.24, 2.45) is 0 Å². The second-order valence-electron chi connectivity index (χ2n) is 8.21. The van der Waals surface area contributed by atoms with Gasteiger partial charge < -0.3 is 5.32 Å². The summed E-state index contributed by atoms with van der Waals surface area (Å²) in [7, 11) is 0. The molecule has 0 aliphatic carbocycles. The minimum atomic E-state index is -0.415. The Morgan fingerprint density at radius 1 is 0.971 bits per heavy atom. The maximum Gasteiger partial charge on any atom is 0.312 e. The maximum atomic E-state index is 12.9. The highest BCUT2D eigenvalue weighted by Crippen LogP contribution is 2.23. The van der Waals surface area contributed by atoms with E-state index < -0.39 is 4.92 Å². The van der Waals surface area contributed by atoms with Crippen LogP contribution in [0.5, 0.6) is 0 Å². The second-order valence-corrected chi connectivity index (χ2v) is 8.21. The predicted molar refractivity (Wildman–Crippen MR) is 128 cm³/mol. The fraction of sp³-hybridized carbons (Fsp3) is 0.240. The van der Waals surface area contributed by atoms with Gasteiger partial charge in [-0.3, -0.25) is 19.6 Å². The summed E-state index contributed by atoms with van der Waals surface area (Å²) in [4.78, 5) is 23.7. The molecule has 0 aliphatic rings. The lowest BCUT2D eigenvalue weighted by molar-refractivity contribution is -0.386. The van der Waals surface area contributed by atoms with Crippen molar-refractivity contribution in [3.8, 4) is 5.69 Å². The van der Waals surface area contributed by atoms with Gasteiger partial charge in [0.1, 0.15) is 11.4 Å². The zero-order valence-electron chi connectivity index (χ0n) is 19.6. The van der Waals surface area contributed by atoms with E-state index in [1.165, 1.54) is 0 Å². The van der Waals surface area contributed by atoms with E-state index >= 15 is 0 Å². The van der Waals surface area contributed by atoms with Crippen molar-refractivity contribution < 1.29 is 9.72 Å². The normalized spacial score (nSPS) is 10.9. The van der Waals surface area contributed by atoms with Crippen LogP contribution < -0.4 is 5.32 Å². The minimum absolute atomic E-state index is 0.0238. The molecule has 0 aliphatic heterocycles. The molecular formula is C25H26N6O3. The average Bonchev–Trinajstić information content (AvgIpc) is 3.26. The number of hydrogen-bond donors (Lipinski definition) is 1. The molecule has 2 aromatic carbocycles. The zero-order valence-corrected chi connectivity index (χ0v) is 19.6. The van der Waals surface area contributed by atoms with Crippen LogP contribution in [0, 0.1) is 37.8 Å². The summed E-state index contributed by atoms with van der Waals surface area (Å²) in [5, 5.41) is 23.2. The van der Waals surface area contributed by atoms with E-state index in [9.17, 15) is 14.9 Å². The van der Waals surface area contributed by atoms with Gasteiger partial charge in [-0.05, 0) is 57.5 Å². The predicted octanol–water partition coefficient (Wildman–Crippen LogP) is 4.19. The van der Waals surface area contributed by atoms with Gasteiger partial charge in [0.05, 0.1) is 22.8 Å². The lowest BCUT2D eigenvalue weighted by Crippen LogP contribution is -2.23. The molecule has 174 valence electrons. The molecule has 2 aromatic heterocycles. The van der Waals surface area contributed by atoms with Crippen LogP contribution in [-0.2, 0) is 13.1 Å². The number of nitrogens with one attached hydrogen (secondary N) is 1. The third kappa shape index (κ3) is 4.45. The fourth-order valence-electron chi connectivity index (χ4n) is 4.11. The maximum absolute atomic E-state index is 12.9. The molecule has 0 saturated heterocycles. The number of amides is 1. The van der Waals surface area contributed by atoms with E-state index in [2.05, 4.69) is 15.5 Å². The number of aryl methyl sites for hydroxylation is 2. The zero-order chi connectivity index (χ0) is 24.4. The van der Waals surface area contributed by atoms with Gasteiger partial charge in [0.2, 0.25) is 0 Å². The van der Waals surface area contributed by atoms with Gasteiger partial charge in [0, 0.05) is 23.4 Å². The van der Waals surface area contributed by atoms with Crippen LogP contribution in [0.1, 0.15) is 44.3 Å². The van der Waals surface area contributed by atoms with Gasteiger partial charge in [0.15, 0.2) is 0 Å². The molecule has 9 heteroatoms. The van der Waals surface area contributed by atoms with Crippen LogP contribution >= 0.6 is 0 Å². The van der Waals surface area contributed by atoms with Crippen LogP contribution in [0.15, 0.2) is 54.6 Å². The molecule has 1 amide bonds. The summed E-state index contributed by atoms with van der Waals surface area (Å²) < 4.78 is 3.47. The summed E-state index contributed by atoms with van der Waals surface area (Å²) in [5.41, 5.74) is 6.01. The van der Waals surface area contributed by atoms with Gasteiger partial charge in [0.25, 0.3) is 5.91 Å². The summed E-state index contributed by atoms with van der Waals surface area (Å²) in [6.45, 7) is 7.91. The molecule has 9 nitrogen and oxygen atoms in total. The Labute approximate surface area is 197 Å². The molecular weight excluding hydrogens is 432 g/mol. The van der Waals surface area contributed by atoms with E-state index in [-0.39, 0.29) is 11.6 Å². The third-order valence-electron chi connectivity index (χ3n) is 5.92. The molecule has 2 heterocycles. The standard InChI is InChI=1S/C25H26N6O3/c1-16-23(18(3)30(28-16)22-11-6-5-7-12-22)14-26-25(32)21-10-8-9-20(13-21)15-29-19(4)24(31(33)34)17(2)27-29/h5-13H,14-15H2,1-4H3,(H,26,32). The first kappa shape index (κ1) is 22.9. The Balaban J connectivity index is 1.48. The highest BCUT2D eigenvalue weighted by molar-refractivity contribution is 5.94. The Hall–Kier alpha value is -4.27. The number of nitro groups is 1. The largest absolute Gasteiger partial charge is 0.348 e. The number of aromatic nitrogens is 4. The molecule has 4 rings (SSSR count). The molecule has 0 bridgehead atoms. The Kier molecular flexibility index (Phi) is 6.27. The van der Waals surface area contributed by atoms with E-state index in [1.807, 2.05) is 54.9 Å². The van der Waals surface area contributed by atoms with Gasteiger partial charge in [-0.1, -0.05) is 30.3 Å². The van der Waals surface area contributed by atoms with Crippen LogP contribution in [-0.4, -0.2) is 30.4 Å². The van der Waals surface area contributed by atoms with E-state index in [0.29, 0.717) is 30.0 Å². The average molecular weight is 459 g/mol. The Morgan fingerprint density at radius 3 is 2.38 bits per heavy atom. The van der Waals surface area contributed by atoms with Crippen molar-refractivity contribution in [3.05, 3.63) is 104 Å². The highest BCUT2D eigenvalue weighted by Gasteiger charge is 2.22. The molecule has 4 aromatic rings. The molecule has 1 N–H and O–H groups in total. The van der Waals surface area contributed by atoms with E-state index in [4.69, 9.17) is 0 Å². The number of hydrogen-bond acceptors (Lipinski definition) is 5. The number of nitrogens with zero attached hydrogens (tertiary/aromatic N) is 5. The smallest absolute Gasteiger partial charge is 0.312 e. The topological polar surface area (TPSA) is 108 Å². The number of carbonyl (C=O) groups excluding carboxylic acids is 1. The second kappa shape index (κ2) is 9.30. The van der Waals surface area contributed by atoms with Gasteiger partial charge in [-0.25, -0.2) is 4.68 Å². The Bertz CT molecular complexity index is 1370.